The molecule has 8 heteroatoms. The van der Waals surface area contributed by atoms with E-state index in [1.165, 1.54) is 17.5 Å². The van der Waals surface area contributed by atoms with Crippen LogP contribution in [0, 0.1) is 0 Å². The summed E-state index contributed by atoms with van der Waals surface area (Å²) in [7, 11) is -2.08. The van der Waals surface area contributed by atoms with E-state index in [0.717, 1.165) is 4.47 Å². The minimum Gasteiger partial charge on any atom is -0.383 e. The molecule has 0 unspecified atom stereocenters. The van der Waals surface area contributed by atoms with E-state index in [-0.39, 0.29) is 16.5 Å². The van der Waals surface area contributed by atoms with E-state index in [9.17, 15) is 8.42 Å². The zero-order valence-electron chi connectivity index (χ0n) is 10.3. The molecule has 0 aromatic heterocycles. The Balaban J connectivity index is 3.11. The van der Waals surface area contributed by atoms with Gasteiger partial charge in [0.15, 0.2) is 0 Å². The van der Waals surface area contributed by atoms with Gasteiger partial charge in [0, 0.05) is 30.0 Å². The van der Waals surface area contributed by atoms with E-state index >= 15 is 0 Å². The fourth-order valence-corrected chi connectivity index (χ4v) is 4.56. The molecule has 0 spiro atoms. The molecule has 0 atom stereocenters. The van der Waals surface area contributed by atoms with Crippen molar-refractivity contribution in [1.29, 1.82) is 0 Å². The third kappa shape index (κ3) is 4.68. The van der Waals surface area contributed by atoms with Crippen molar-refractivity contribution in [2.75, 3.05) is 32.1 Å². The van der Waals surface area contributed by atoms with Crippen molar-refractivity contribution in [1.82, 2.24) is 4.31 Å². The van der Waals surface area contributed by atoms with Crippen LogP contribution in [0.5, 0.6) is 0 Å². The SMILES string of the molecule is COCCN(CCBr)S(=O)(=O)c1ccc(Br)cc1Cl. The molecule has 0 amide bonds. The number of hydrogen-bond donors (Lipinski definition) is 0. The van der Waals surface area contributed by atoms with Gasteiger partial charge < -0.3 is 4.74 Å². The molecule has 0 fully saturated rings. The summed E-state index contributed by atoms with van der Waals surface area (Å²) in [5, 5.41) is 0.746. The highest BCUT2D eigenvalue weighted by Gasteiger charge is 2.26. The zero-order valence-corrected chi connectivity index (χ0v) is 15.0. The molecule has 0 saturated carbocycles. The number of rotatable bonds is 7. The minimum absolute atomic E-state index is 0.106. The first-order valence-corrected chi connectivity index (χ1v) is 9.17. The first-order valence-electron chi connectivity index (χ1n) is 5.43. The number of alkyl halides is 1. The van der Waals surface area contributed by atoms with Crippen LogP contribution in [-0.4, -0.2) is 44.9 Å². The Morgan fingerprint density at radius 2 is 2.05 bits per heavy atom. The predicted molar refractivity (Wildman–Crippen MR) is 83.6 cm³/mol. The van der Waals surface area contributed by atoms with Crippen molar-refractivity contribution >= 4 is 53.5 Å². The summed E-state index contributed by atoms with van der Waals surface area (Å²) in [6.07, 6.45) is 0. The Kier molecular flexibility index (Phi) is 7.28. The highest BCUT2D eigenvalue weighted by molar-refractivity contribution is 9.10. The predicted octanol–water partition coefficient (Wildman–Crippen LogP) is 3.13. The Morgan fingerprint density at radius 1 is 1.37 bits per heavy atom. The van der Waals surface area contributed by atoms with Crippen LogP contribution >= 0.6 is 43.5 Å². The van der Waals surface area contributed by atoms with Gasteiger partial charge in [-0.1, -0.05) is 43.5 Å². The van der Waals surface area contributed by atoms with Gasteiger partial charge in [0.1, 0.15) is 4.90 Å². The number of hydrogen-bond acceptors (Lipinski definition) is 3. The number of benzene rings is 1. The lowest BCUT2D eigenvalue weighted by Crippen LogP contribution is -2.35. The van der Waals surface area contributed by atoms with E-state index in [1.54, 1.807) is 12.1 Å². The molecule has 1 aromatic carbocycles. The lowest BCUT2D eigenvalue weighted by molar-refractivity contribution is 0.181. The number of ether oxygens (including phenoxy) is 1. The van der Waals surface area contributed by atoms with Crippen molar-refractivity contribution in [2.45, 2.75) is 4.90 Å². The van der Waals surface area contributed by atoms with E-state index in [4.69, 9.17) is 16.3 Å². The molecule has 0 aliphatic heterocycles. The summed E-state index contributed by atoms with van der Waals surface area (Å²) >= 11 is 12.5. The van der Waals surface area contributed by atoms with Gasteiger partial charge in [0.25, 0.3) is 0 Å². The molecule has 1 rings (SSSR count). The van der Waals surface area contributed by atoms with Gasteiger partial charge in [-0.05, 0) is 18.2 Å². The molecule has 19 heavy (non-hydrogen) atoms. The van der Waals surface area contributed by atoms with Crippen LogP contribution in [0.1, 0.15) is 0 Å². The van der Waals surface area contributed by atoms with Crippen LogP contribution in [0.15, 0.2) is 27.6 Å². The minimum atomic E-state index is -3.61. The molecule has 0 radical (unpaired) electrons. The van der Waals surface area contributed by atoms with Gasteiger partial charge in [-0.15, -0.1) is 0 Å². The Morgan fingerprint density at radius 3 is 2.58 bits per heavy atom. The highest BCUT2D eigenvalue weighted by atomic mass is 79.9. The second kappa shape index (κ2) is 7.95. The average molecular weight is 436 g/mol. The molecule has 0 aliphatic carbocycles. The molecule has 0 N–H and O–H groups in total. The molecule has 0 heterocycles. The number of methoxy groups -OCH3 is 1. The molecule has 0 aliphatic rings. The largest absolute Gasteiger partial charge is 0.383 e. The highest BCUT2D eigenvalue weighted by Crippen LogP contribution is 2.27. The van der Waals surface area contributed by atoms with Crippen molar-refractivity contribution in [3.8, 4) is 0 Å². The lowest BCUT2D eigenvalue weighted by Gasteiger charge is -2.21. The first kappa shape index (κ1) is 17.4. The summed E-state index contributed by atoms with van der Waals surface area (Å²) in [5.41, 5.74) is 0. The molecule has 108 valence electrons. The molecule has 0 bridgehead atoms. The Hall–Kier alpha value is 0.340. The quantitative estimate of drug-likeness (QED) is 0.619. The van der Waals surface area contributed by atoms with Gasteiger partial charge in [-0.25, -0.2) is 8.42 Å². The van der Waals surface area contributed by atoms with Gasteiger partial charge in [0.05, 0.1) is 11.6 Å². The van der Waals surface area contributed by atoms with Gasteiger partial charge >= 0.3 is 0 Å². The van der Waals surface area contributed by atoms with E-state index < -0.39 is 10.0 Å². The Bertz CT molecular complexity index is 525. The summed E-state index contributed by atoms with van der Waals surface area (Å²) in [6.45, 7) is 0.981. The summed E-state index contributed by atoms with van der Waals surface area (Å²) in [5.74, 6) is 0. The van der Waals surface area contributed by atoms with Gasteiger partial charge in [0.2, 0.25) is 10.0 Å². The monoisotopic (exact) mass is 433 g/mol. The summed E-state index contributed by atoms with van der Waals surface area (Å²) < 4.78 is 32.0. The van der Waals surface area contributed by atoms with E-state index in [0.29, 0.717) is 18.5 Å². The van der Waals surface area contributed by atoms with Crippen LogP contribution in [0.2, 0.25) is 5.02 Å². The summed E-state index contributed by atoms with van der Waals surface area (Å²) in [4.78, 5) is 0.106. The molecular weight excluding hydrogens is 421 g/mol. The second-order valence-corrected chi connectivity index (χ2v) is 7.68. The van der Waals surface area contributed by atoms with Gasteiger partial charge in [-0.3, -0.25) is 0 Å². The van der Waals surface area contributed by atoms with Crippen LogP contribution in [0.4, 0.5) is 0 Å². The zero-order chi connectivity index (χ0) is 14.5. The maximum atomic E-state index is 12.5. The van der Waals surface area contributed by atoms with Gasteiger partial charge in [-0.2, -0.15) is 4.31 Å². The van der Waals surface area contributed by atoms with Crippen LogP contribution in [-0.2, 0) is 14.8 Å². The third-order valence-electron chi connectivity index (χ3n) is 2.39. The normalized spacial score (nSPS) is 12.1. The molecule has 1 aromatic rings. The molecule has 0 saturated heterocycles. The topological polar surface area (TPSA) is 46.6 Å². The average Bonchev–Trinajstić information content (AvgIpc) is 2.33. The maximum Gasteiger partial charge on any atom is 0.244 e. The number of nitrogens with zero attached hydrogens (tertiary/aromatic N) is 1. The summed E-state index contributed by atoms with van der Waals surface area (Å²) in [6, 6.07) is 4.72. The van der Waals surface area contributed by atoms with E-state index in [1.807, 2.05) is 0 Å². The van der Waals surface area contributed by atoms with Crippen molar-refractivity contribution < 1.29 is 13.2 Å². The third-order valence-corrected chi connectivity index (χ3v) is 5.62. The molecule has 4 nitrogen and oxygen atoms in total. The Labute approximate surface area is 135 Å². The van der Waals surface area contributed by atoms with Crippen LogP contribution in [0.25, 0.3) is 0 Å². The van der Waals surface area contributed by atoms with Crippen LogP contribution in [0.3, 0.4) is 0 Å². The van der Waals surface area contributed by atoms with Crippen molar-refractivity contribution in [2.24, 2.45) is 0 Å². The van der Waals surface area contributed by atoms with Crippen molar-refractivity contribution in [3.63, 3.8) is 0 Å². The number of halogens is 3. The molecular formula is C11H14Br2ClNO3S. The first-order chi connectivity index (χ1) is 8.93. The fraction of sp³-hybridized carbons (Fsp3) is 0.455. The maximum absolute atomic E-state index is 12.5. The smallest absolute Gasteiger partial charge is 0.244 e. The second-order valence-electron chi connectivity index (χ2n) is 3.66. The van der Waals surface area contributed by atoms with Crippen LogP contribution < -0.4 is 0 Å². The number of sulfonamides is 1. The fourth-order valence-electron chi connectivity index (χ4n) is 1.46. The standard InChI is InChI=1S/C11H14Br2ClNO3S/c1-18-7-6-15(5-4-12)19(16,17)11-3-2-9(13)8-10(11)14/h2-3,8H,4-7H2,1H3. The van der Waals surface area contributed by atoms with Crippen molar-refractivity contribution in [3.05, 3.63) is 27.7 Å². The lowest BCUT2D eigenvalue weighted by atomic mass is 10.4. The van der Waals surface area contributed by atoms with E-state index in [2.05, 4.69) is 31.9 Å².